The van der Waals surface area contributed by atoms with Gasteiger partial charge in [-0.15, -0.1) is 0 Å². The van der Waals surface area contributed by atoms with Crippen molar-refractivity contribution in [2.24, 2.45) is 10.9 Å². The van der Waals surface area contributed by atoms with Crippen molar-refractivity contribution in [3.63, 3.8) is 0 Å². The summed E-state index contributed by atoms with van der Waals surface area (Å²) in [4.78, 5) is 11.7. The Morgan fingerprint density at radius 1 is 1.48 bits per heavy atom. The van der Waals surface area contributed by atoms with Gasteiger partial charge in [0.05, 0.1) is 0 Å². The largest absolute Gasteiger partial charge is 0.357 e. The lowest BCUT2D eigenvalue weighted by molar-refractivity contribution is 0.375. The normalized spacial score (nSPS) is 18.5. The molecule has 1 saturated heterocycles. The van der Waals surface area contributed by atoms with Crippen LogP contribution in [-0.2, 0) is 13.1 Å². The van der Waals surface area contributed by atoms with Crippen molar-refractivity contribution >= 4 is 17.7 Å². The highest BCUT2D eigenvalue weighted by atomic mass is 32.2. The van der Waals surface area contributed by atoms with Gasteiger partial charge in [-0.1, -0.05) is 13.8 Å². The molecular formula is C17H31N5S. The van der Waals surface area contributed by atoms with Crippen LogP contribution in [0.15, 0.2) is 17.4 Å². The van der Waals surface area contributed by atoms with Gasteiger partial charge in [-0.3, -0.25) is 0 Å². The molecule has 2 heterocycles. The van der Waals surface area contributed by atoms with E-state index in [0.717, 1.165) is 43.7 Å². The van der Waals surface area contributed by atoms with E-state index in [2.05, 4.69) is 60.6 Å². The van der Waals surface area contributed by atoms with E-state index in [0.29, 0.717) is 12.5 Å². The number of thioether (sulfide) groups is 1. The second-order valence-electron chi connectivity index (χ2n) is 7.09. The van der Waals surface area contributed by atoms with Gasteiger partial charge in [-0.05, 0) is 26.7 Å². The monoisotopic (exact) mass is 337 g/mol. The van der Waals surface area contributed by atoms with Crippen LogP contribution in [0.3, 0.4) is 0 Å². The summed E-state index contributed by atoms with van der Waals surface area (Å²) < 4.78 is 2.50. The van der Waals surface area contributed by atoms with Crippen molar-refractivity contribution < 1.29 is 0 Å². The van der Waals surface area contributed by atoms with Gasteiger partial charge < -0.3 is 14.8 Å². The third-order valence-corrected chi connectivity index (χ3v) is 5.09. The highest BCUT2D eigenvalue weighted by Gasteiger charge is 2.28. The Hall–Kier alpha value is -1.17. The molecular weight excluding hydrogens is 306 g/mol. The van der Waals surface area contributed by atoms with E-state index in [1.54, 1.807) is 0 Å². The van der Waals surface area contributed by atoms with Gasteiger partial charge in [-0.2, -0.15) is 11.8 Å². The number of aromatic nitrogens is 2. The molecule has 0 radical (unpaired) electrons. The molecule has 0 aliphatic carbocycles. The van der Waals surface area contributed by atoms with Gasteiger partial charge in [0, 0.05) is 49.1 Å². The minimum absolute atomic E-state index is 0.282. The summed E-state index contributed by atoms with van der Waals surface area (Å²) >= 11 is 2.04. The van der Waals surface area contributed by atoms with Crippen molar-refractivity contribution in [1.29, 1.82) is 0 Å². The molecule has 23 heavy (non-hydrogen) atoms. The fourth-order valence-corrected chi connectivity index (χ4v) is 3.93. The second kappa shape index (κ2) is 8.08. The topological polar surface area (TPSA) is 45.5 Å². The Bertz CT molecular complexity index is 521. The zero-order valence-corrected chi connectivity index (χ0v) is 16.0. The number of imidazole rings is 1. The molecule has 1 aliphatic rings. The molecule has 0 amide bonds. The molecule has 2 rings (SSSR count). The minimum Gasteiger partial charge on any atom is -0.357 e. The number of guanidine groups is 1. The van der Waals surface area contributed by atoms with E-state index >= 15 is 0 Å². The predicted molar refractivity (Wildman–Crippen MR) is 100.0 cm³/mol. The van der Waals surface area contributed by atoms with Crippen molar-refractivity contribution in [2.75, 3.05) is 25.4 Å². The van der Waals surface area contributed by atoms with E-state index < -0.39 is 0 Å². The van der Waals surface area contributed by atoms with Gasteiger partial charge in [0.1, 0.15) is 12.4 Å². The summed E-state index contributed by atoms with van der Waals surface area (Å²) in [6, 6.07) is 0. The molecule has 1 aromatic rings. The molecule has 0 spiro atoms. The van der Waals surface area contributed by atoms with Crippen LogP contribution in [0.25, 0.3) is 0 Å². The molecule has 1 N–H and O–H groups in total. The van der Waals surface area contributed by atoms with E-state index in [-0.39, 0.29) is 4.75 Å². The molecule has 1 aromatic heterocycles. The molecule has 0 bridgehead atoms. The predicted octanol–water partition coefficient (Wildman–Crippen LogP) is 2.83. The summed E-state index contributed by atoms with van der Waals surface area (Å²) in [5.74, 6) is 3.82. The molecule has 5 nitrogen and oxygen atoms in total. The Morgan fingerprint density at radius 2 is 2.26 bits per heavy atom. The zero-order chi connectivity index (χ0) is 16.9. The molecule has 0 aromatic carbocycles. The summed E-state index contributed by atoms with van der Waals surface area (Å²) in [7, 11) is 0. The number of hydrogen-bond acceptors (Lipinski definition) is 3. The number of aliphatic imine (C=N–C) groups is 1. The van der Waals surface area contributed by atoms with E-state index in [4.69, 9.17) is 4.99 Å². The second-order valence-corrected chi connectivity index (χ2v) is 8.89. The van der Waals surface area contributed by atoms with Gasteiger partial charge in [0.25, 0.3) is 0 Å². The third kappa shape index (κ3) is 5.44. The molecule has 0 unspecified atom stereocenters. The van der Waals surface area contributed by atoms with Gasteiger partial charge in [-0.25, -0.2) is 9.98 Å². The average molecular weight is 338 g/mol. The maximum atomic E-state index is 4.85. The number of nitrogens with zero attached hydrogens (tertiary/aromatic N) is 4. The summed E-state index contributed by atoms with van der Waals surface area (Å²) in [6.45, 7) is 15.8. The van der Waals surface area contributed by atoms with Crippen molar-refractivity contribution in [1.82, 2.24) is 19.8 Å². The molecule has 1 aliphatic heterocycles. The summed E-state index contributed by atoms with van der Waals surface area (Å²) in [5.41, 5.74) is 0. The van der Waals surface area contributed by atoms with Crippen LogP contribution in [-0.4, -0.2) is 50.5 Å². The number of nitrogens with one attached hydrogen (secondary N) is 1. The van der Waals surface area contributed by atoms with Crippen LogP contribution >= 0.6 is 11.8 Å². The lowest BCUT2D eigenvalue weighted by atomic mass is 10.2. The lowest BCUT2D eigenvalue weighted by Crippen LogP contribution is -2.51. The van der Waals surface area contributed by atoms with E-state index in [1.807, 2.05) is 18.0 Å². The Labute approximate surface area is 145 Å². The van der Waals surface area contributed by atoms with Gasteiger partial charge >= 0.3 is 0 Å². The molecule has 130 valence electrons. The average Bonchev–Trinajstić information content (AvgIpc) is 2.88. The van der Waals surface area contributed by atoms with Crippen LogP contribution in [0, 0.1) is 5.92 Å². The van der Waals surface area contributed by atoms with E-state index in [9.17, 15) is 0 Å². The SMILES string of the molecule is CCNC(=NCc1nccn1CC(C)C)N1CCSC(C)(C)C1. The molecule has 0 atom stereocenters. The van der Waals surface area contributed by atoms with Crippen molar-refractivity contribution in [2.45, 2.75) is 52.5 Å². The van der Waals surface area contributed by atoms with Crippen LogP contribution < -0.4 is 5.32 Å². The maximum absolute atomic E-state index is 4.85. The highest BCUT2D eigenvalue weighted by molar-refractivity contribution is 8.00. The van der Waals surface area contributed by atoms with Gasteiger partial charge in [0.15, 0.2) is 5.96 Å². The van der Waals surface area contributed by atoms with Crippen LogP contribution in [0.1, 0.15) is 40.4 Å². The smallest absolute Gasteiger partial charge is 0.194 e. The molecule has 6 heteroatoms. The molecule has 1 fully saturated rings. The first-order valence-corrected chi connectivity index (χ1v) is 9.57. The van der Waals surface area contributed by atoms with Gasteiger partial charge in [0.2, 0.25) is 0 Å². The first-order valence-electron chi connectivity index (χ1n) is 8.58. The quantitative estimate of drug-likeness (QED) is 0.663. The fraction of sp³-hybridized carbons (Fsp3) is 0.765. The molecule has 0 saturated carbocycles. The Morgan fingerprint density at radius 3 is 2.91 bits per heavy atom. The highest BCUT2D eigenvalue weighted by Crippen LogP contribution is 2.29. The summed E-state index contributed by atoms with van der Waals surface area (Å²) in [6.07, 6.45) is 3.93. The zero-order valence-electron chi connectivity index (χ0n) is 15.2. The minimum atomic E-state index is 0.282. The maximum Gasteiger partial charge on any atom is 0.194 e. The first-order chi connectivity index (χ1) is 10.9. The standard InChI is InChI=1S/C17H31N5S/c1-6-18-16(22-9-10-23-17(4,5)13-22)20-11-15-19-7-8-21(15)12-14(2)3/h7-8,14H,6,9-13H2,1-5H3,(H,18,20). The van der Waals surface area contributed by atoms with E-state index in [1.165, 1.54) is 0 Å². The Balaban J connectivity index is 2.08. The first kappa shape index (κ1) is 18.2. The fourth-order valence-electron chi connectivity index (χ4n) is 2.82. The number of rotatable bonds is 5. The van der Waals surface area contributed by atoms with Crippen LogP contribution in [0.4, 0.5) is 0 Å². The Kier molecular flexibility index (Phi) is 6.39. The van der Waals surface area contributed by atoms with Crippen LogP contribution in [0.2, 0.25) is 0 Å². The lowest BCUT2D eigenvalue weighted by Gasteiger charge is -2.39. The third-order valence-electron chi connectivity index (χ3n) is 3.79. The van der Waals surface area contributed by atoms with Crippen LogP contribution in [0.5, 0.6) is 0 Å². The number of hydrogen-bond donors (Lipinski definition) is 1. The van der Waals surface area contributed by atoms with Crippen molar-refractivity contribution in [3.8, 4) is 0 Å². The van der Waals surface area contributed by atoms with Crippen molar-refractivity contribution in [3.05, 3.63) is 18.2 Å². The summed E-state index contributed by atoms with van der Waals surface area (Å²) in [5, 5.41) is 3.44.